The molecule has 0 radical (unpaired) electrons. The molecular formula is C20H27N3O2. The second-order valence-electron chi connectivity index (χ2n) is 7.11. The molecule has 1 aromatic carbocycles. The number of nitrogens with zero attached hydrogens (tertiary/aromatic N) is 2. The predicted octanol–water partition coefficient (Wildman–Crippen LogP) is 1.86. The zero-order valence-electron chi connectivity index (χ0n) is 15.1. The Morgan fingerprint density at radius 1 is 1.20 bits per heavy atom. The van der Waals surface area contributed by atoms with Crippen LogP contribution < -0.4 is 5.32 Å². The summed E-state index contributed by atoms with van der Waals surface area (Å²) in [5, 5.41) is 2.91. The molecule has 3 rings (SSSR count). The lowest BCUT2D eigenvalue weighted by molar-refractivity contribution is -0.138. The monoisotopic (exact) mass is 341 g/mol. The van der Waals surface area contributed by atoms with Crippen LogP contribution in [-0.4, -0.2) is 53.8 Å². The van der Waals surface area contributed by atoms with Crippen LogP contribution >= 0.6 is 0 Å². The maximum absolute atomic E-state index is 12.7. The van der Waals surface area contributed by atoms with Crippen LogP contribution in [0.4, 0.5) is 0 Å². The first-order valence-electron chi connectivity index (χ1n) is 9.03. The molecule has 0 spiro atoms. The van der Waals surface area contributed by atoms with Crippen LogP contribution in [0, 0.1) is 6.92 Å². The van der Waals surface area contributed by atoms with Crippen molar-refractivity contribution in [3.8, 4) is 0 Å². The molecule has 0 aromatic heterocycles. The molecule has 1 saturated heterocycles. The van der Waals surface area contributed by atoms with Crippen LogP contribution in [0.5, 0.6) is 0 Å². The van der Waals surface area contributed by atoms with E-state index in [0.717, 1.165) is 19.5 Å². The van der Waals surface area contributed by atoms with E-state index < -0.39 is 0 Å². The summed E-state index contributed by atoms with van der Waals surface area (Å²) in [5.74, 6) is 0.0372. The fourth-order valence-corrected chi connectivity index (χ4v) is 3.39. The molecule has 25 heavy (non-hydrogen) atoms. The van der Waals surface area contributed by atoms with Crippen LogP contribution in [0.25, 0.3) is 0 Å². The largest absolute Gasteiger partial charge is 0.353 e. The molecule has 2 aliphatic heterocycles. The van der Waals surface area contributed by atoms with Gasteiger partial charge in [0.2, 0.25) is 11.8 Å². The summed E-state index contributed by atoms with van der Waals surface area (Å²) in [5.41, 5.74) is 3.73. The van der Waals surface area contributed by atoms with Gasteiger partial charge in [-0.3, -0.25) is 14.5 Å². The fraction of sp³-hybridized carbons (Fsp3) is 0.500. The van der Waals surface area contributed by atoms with Gasteiger partial charge in [-0.05, 0) is 25.8 Å². The summed E-state index contributed by atoms with van der Waals surface area (Å²) >= 11 is 0. The van der Waals surface area contributed by atoms with Crippen molar-refractivity contribution in [3.63, 3.8) is 0 Å². The molecule has 0 unspecified atom stereocenters. The van der Waals surface area contributed by atoms with Crippen LogP contribution in [0.3, 0.4) is 0 Å². The van der Waals surface area contributed by atoms with E-state index in [1.807, 2.05) is 4.90 Å². The molecule has 5 nitrogen and oxygen atoms in total. The van der Waals surface area contributed by atoms with Crippen LogP contribution in [0.1, 0.15) is 30.9 Å². The van der Waals surface area contributed by atoms with Crippen molar-refractivity contribution >= 4 is 11.8 Å². The van der Waals surface area contributed by atoms with Gasteiger partial charge in [0, 0.05) is 32.7 Å². The van der Waals surface area contributed by atoms with E-state index in [1.165, 1.54) is 16.7 Å². The third-order valence-corrected chi connectivity index (χ3v) is 5.10. The number of rotatable bonds is 4. The molecule has 0 aliphatic carbocycles. The first-order chi connectivity index (χ1) is 12.0. The Balaban J connectivity index is 1.66. The maximum atomic E-state index is 12.7. The average Bonchev–Trinajstić information content (AvgIpc) is 2.60. The molecule has 2 heterocycles. The third kappa shape index (κ3) is 4.48. The fourth-order valence-electron chi connectivity index (χ4n) is 3.39. The van der Waals surface area contributed by atoms with Crippen molar-refractivity contribution in [2.75, 3.05) is 26.2 Å². The Hall–Kier alpha value is -2.14. The van der Waals surface area contributed by atoms with Crippen LogP contribution in [0.15, 0.2) is 35.9 Å². The SMILES string of the molecule is CC1=CCN(C(=O)C[C@@H]2C(=O)NCCN2Cc2ccc(C)cc2)CC1. The summed E-state index contributed by atoms with van der Waals surface area (Å²) in [6, 6.07) is 7.98. The summed E-state index contributed by atoms with van der Waals surface area (Å²) in [7, 11) is 0. The molecule has 5 heteroatoms. The Kier molecular flexibility index (Phi) is 5.53. The lowest BCUT2D eigenvalue weighted by atomic mass is 10.0. The quantitative estimate of drug-likeness (QED) is 0.851. The van der Waals surface area contributed by atoms with Crippen molar-refractivity contribution in [1.29, 1.82) is 0 Å². The molecule has 1 atom stereocenters. The van der Waals surface area contributed by atoms with E-state index in [2.05, 4.69) is 54.4 Å². The third-order valence-electron chi connectivity index (χ3n) is 5.10. The van der Waals surface area contributed by atoms with Gasteiger partial charge in [-0.2, -0.15) is 0 Å². The number of aryl methyl sites for hydroxylation is 1. The lowest BCUT2D eigenvalue weighted by Gasteiger charge is -2.36. The van der Waals surface area contributed by atoms with Gasteiger partial charge in [0.15, 0.2) is 0 Å². The minimum absolute atomic E-state index is 0.0320. The molecule has 1 N–H and O–H groups in total. The van der Waals surface area contributed by atoms with Gasteiger partial charge in [-0.15, -0.1) is 0 Å². The highest BCUT2D eigenvalue weighted by atomic mass is 16.2. The van der Waals surface area contributed by atoms with Crippen molar-refractivity contribution in [2.24, 2.45) is 0 Å². The highest BCUT2D eigenvalue weighted by molar-refractivity contribution is 5.89. The van der Waals surface area contributed by atoms with Crippen molar-refractivity contribution in [1.82, 2.24) is 15.1 Å². The molecular weight excluding hydrogens is 314 g/mol. The Bertz CT molecular complexity index is 666. The molecule has 134 valence electrons. The first kappa shape index (κ1) is 17.7. The number of hydrogen-bond acceptors (Lipinski definition) is 3. The second kappa shape index (κ2) is 7.83. The van der Waals surface area contributed by atoms with Crippen molar-refractivity contribution in [2.45, 2.75) is 39.3 Å². The molecule has 2 aliphatic rings. The van der Waals surface area contributed by atoms with Gasteiger partial charge in [-0.1, -0.05) is 41.5 Å². The minimum Gasteiger partial charge on any atom is -0.353 e. The number of carbonyl (C=O) groups excluding carboxylic acids is 2. The van der Waals surface area contributed by atoms with Crippen molar-refractivity contribution < 1.29 is 9.59 Å². The zero-order valence-corrected chi connectivity index (χ0v) is 15.1. The van der Waals surface area contributed by atoms with Crippen molar-refractivity contribution in [3.05, 3.63) is 47.0 Å². The summed E-state index contributed by atoms with van der Waals surface area (Å²) < 4.78 is 0. The molecule has 2 amide bonds. The van der Waals surface area contributed by atoms with Gasteiger partial charge in [-0.25, -0.2) is 0 Å². The van der Waals surface area contributed by atoms with E-state index in [-0.39, 0.29) is 24.3 Å². The summed E-state index contributed by atoms with van der Waals surface area (Å²) in [6.45, 7) is 7.70. The van der Waals surface area contributed by atoms with Gasteiger partial charge < -0.3 is 10.2 Å². The Morgan fingerprint density at radius 3 is 2.64 bits per heavy atom. The molecule has 1 fully saturated rings. The predicted molar refractivity (Wildman–Crippen MR) is 98.0 cm³/mol. The number of carbonyl (C=O) groups is 2. The number of piperazine rings is 1. The minimum atomic E-state index is -0.380. The smallest absolute Gasteiger partial charge is 0.237 e. The van der Waals surface area contributed by atoms with Gasteiger partial charge in [0.25, 0.3) is 0 Å². The van der Waals surface area contributed by atoms with E-state index >= 15 is 0 Å². The standard InChI is InChI=1S/C20H27N3O2/c1-15-3-5-17(6-4-15)14-23-12-9-21-20(25)18(23)13-19(24)22-10-7-16(2)8-11-22/h3-7,18H,8-14H2,1-2H3,(H,21,25)/t18-/m1/s1. The van der Waals surface area contributed by atoms with Gasteiger partial charge in [0.1, 0.15) is 0 Å². The highest BCUT2D eigenvalue weighted by Crippen LogP contribution is 2.17. The number of hydrogen-bond donors (Lipinski definition) is 1. The zero-order chi connectivity index (χ0) is 17.8. The first-order valence-corrected chi connectivity index (χ1v) is 9.03. The second-order valence-corrected chi connectivity index (χ2v) is 7.11. The van der Waals surface area contributed by atoms with Crippen LogP contribution in [0.2, 0.25) is 0 Å². The number of amides is 2. The van der Waals surface area contributed by atoms with E-state index in [4.69, 9.17) is 0 Å². The summed E-state index contributed by atoms with van der Waals surface area (Å²) in [4.78, 5) is 29.0. The lowest BCUT2D eigenvalue weighted by Crippen LogP contribution is -2.56. The Morgan fingerprint density at radius 2 is 1.96 bits per heavy atom. The normalized spacial score (nSPS) is 21.7. The van der Waals surface area contributed by atoms with Gasteiger partial charge in [0.05, 0.1) is 12.5 Å². The maximum Gasteiger partial charge on any atom is 0.237 e. The Labute approximate surface area is 149 Å². The van der Waals surface area contributed by atoms with Gasteiger partial charge >= 0.3 is 0 Å². The molecule has 0 bridgehead atoms. The summed E-state index contributed by atoms with van der Waals surface area (Å²) in [6.07, 6.45) is 3.28. The van der Waals surface area contributed by atoms with Crippen LogP contribution in [-0.2, 0) is 16.1 Å². The van der Waals surface area contributed by atoms with E-state index in [9.17, 15) is 9.59 Å². The average molecular weight is 341 g/mol. The van der Waals surface area contributed by atoms with E-state index in [0.29, 0.717) is 19.6 Å². The number of nitrogens with one attached hydrogen (secondary N) is 1. The molecule has 0 saturated carbocycles. The van der Waals surface area contributed by atoms with E-state index in [1.54, 1.807) is 0 Å². The topological polar surface area (TPSA) is 52.7 Å². The highest BCUT2D eigenvalue weighted by Gasteiger charge is 2.33. The number of benzene rings is 1. The molecule has 1 aromatic rings.